The lowest BCUT2D eigenvalue weighted by atomic mass is 10.2. The first-order valence-corrected chi connectivity index (χ1v) is 6.44. The zero-order valence-electron chi connectivity index (χ0n) is 9.40. The Morgan fingerprint density at radius 1 is 1.39 bits per heavy atom. The predicted molar refractivity (Wildman–Crippen MR) is 67.9 cm³/mol. The van der Waals surface area contributed by atoms with E-state index in [1.54, 1.807) is 18.3 Å². The molecule has 1 aromatic heterocycles. The second kappa shape index (κ2) is 4.21. The Bertz CT molecular complexity index is 653. The lowest BCUT2D eigenvalue weighted by Crippen LogP contribution is -2.01. The van der Waals surface area contributed by atoms with Crippen molar-refractivity contribution in [2.75, 3.05) is 0 Å². The minimum Gasteiger partial charge on any atom is -0.238 e. The van der Waals surface area contributed by atoms with Gasteiger partial charge in [-0.3, -0.25) is 0 Å². The smallest absolute Gasteiger partial charge is 0.164 e. The van der Waals surface area contributed by atoms with Crippen LogP contribution in [-0.4, -0.2) is 9.78 Å². The summed E-state index contributed by atoms with van der Waals surface area (Å²) >= 11 is 3.10. The Morgan fingerprint density at radius 2 is 2.17 bits per heavy atom. The van der Waals surface area contributed by atoms with Gasteiger partial charge >= 0.3 is 0 Å². The molecule has 0 bridgehead atoms. The molecular formula is C13H9BrFN3. The number of nitriles is 1. The molecule has 0 N–H and O–H groups in total. The standard InChI is InChI=1S/C13H9BrFN3/c14-12-9(7-16)3-4-11(13(12)15)18-6-5-10(17-18)8-1-2-8/h3-6,8H,1-2H2. The molecule has 0 radical (unpaired) electrons. The Balaban J connectivity index is 2.05. The van der Waals surface area contributed by atoms with Crippen molar-refractivity contribution in [1.82, 2.24) is 9.78 Å². The van der Waals surface area contributed by atoms with Gasteiger partial charge in [-0.05, 0) is 47.0 Å². The third kappa shape index (κ3) is 1.83. The van der Waals surface area contributed by atoms with Gasteiger partial charge in [-0.25, -0.2) is 9.07 Å². The number of rotatable bonds is 2. The molecule has 0 atom stereocenters. The zero-order valence-corrected chi connectivity index (χ0v) is 11.0. The predicted octanol–water partition coefficient (Wildman–Crippen LogP) is 3.52. The fourth-order valence-electron chi connectivity index (χ4n) is 1.87. The van der Waals surface area contributed by atoms with Crippen LogP contribution in [0.4, 0.5) is 4.39 Å². The molecule has 1 saturated carbocycles. The van der Waals surface area contributed by atoms with Gasteiger partial charge in [0.15, 0.2) is 5.82 Å². The largest absolute Gasteiger partial charge is 0.238 e. The number of aromatic nitrogens is 2. The minimum atomic E-state index is -0.459. The average Bonchev–Trinajstić information content (AvgIpc) is 3.12. The molecule has 0 unspecified atom stereocenters. The molecule has 1 aliphatic rings. The Hall–Kier alpha value is -1.67. The normalized spacial score (nSPS) is 14.5. The van der Waals surface area contributed by atoms with Crippen molar-refractivity contribution in [1.29, 1.82) is 5.26 Å². The number of benzene rings is 1. The summed E-state index contributed by atoms with van der Waals surface area (Å²) in [5.41, 5.74) is 1.65. The molecule has 0 saturated heterocycles. The number of halogens is 2. The fourth-order valence-corrected chi connectivity index (χ4v) is 2.30. The van der Waals surface area contributed by atoms with E-state index < -0.39 is 5.82 Å². The van der Waals surface area contributed by atoms with Crippen molar-refractivity contribution in [2.45, 2.75) is 18.8 Å². The summed E-state index contributed by atoms with van der Waals surface area (Å²) < 4.78 is 15.8. The van der Waals surface area contributed by atoms with E-state index in [-0.39, 0.29) is 10.0 Å². The van der Waals surface area contributed by atoms with E-state index in [2.05, 4.69) is 21.0 Å². The molecule has 0 spiro atoms. The van der Waals surface area contributed by atoms with Crippen LogP contribution >= 0.6 is 15.9 Å². The monoisotopic (exact) mass is 305 g/mol. The van der Waals surface area contributed by atoms with Gasteiger partial charge in [-0.2, -0.15) is 10.4 Å². The Labute approximate surface area is 112 Å². The van der Waals surface area contributed by atoms with Crippen LogP contribution in [0.1, 0.15) is 30.0 Å². The SMILES string of the molecule is N#Cc1ccc(-n2ccc(C3CC3)n2)c(F)c1Br. The molecule has 1 aliphatic carbocycles. The van der Waals surface area contributed by atoms with E-state index in [1.165, 1.54) is 4.68 Å². The summed E-state index contributed by atoms with van der Waals surface area (Å²) in [7, 11) is 0. The molecule has 3 rings (SSSR count). The summed E-state index contributed by atoms with van der Waals surface area (Å²) in [6.07, 6.45) is 4.08. The van der Waals surface area contributed by atoms with E-state index >= 15 is 0 Å². The lowest BCUT2D eigenvalue weighted by Gasteiger charge is -2.05. The summed E-state index contributed by atoms with van der Waals surface area (Å²) in [6, 6.07) is 7.01. The second-order valence-corrected chi connectivity index (χ2v) is 5.12. The van der Waals surface area contributed by atoms with Gasteiger partial charge in [-0.1, -0.05) is 0 Å². The minimum absolute atomic E-state index is 0.186. The van der Waals surface area contributed by atoms with E-state index in [0.717, 1.165) is 18.5 Å². The highest BCUT2D eigenvalue weighted by molar-refractivity contribution is 9.10. The maximum atomic E-state index is 14.1. The van der Waals surface area contributed by atoms with Crippen LogP contribution in [0.25, 0.3) is 5.69 Å². The van der Waals surface area contributed by atoms with Crippen molar-refractivity contribution in [3.05, 3.63) is 45.9 Å². The maximum absolute atomic E-state index is 14.1. The lowest BCUT2D eigenvalue weighted by molar-refractivity contribution is 0.603. The molecule has 3 nitrogen and oxygen atoms in total. The van der Waals surface area contributed by atoms with Crippen LogP contribution in [-0.2, 0) is 0 Å². The summed E-state index contributed by atoms with van der Waals surface area (Å²) in [5.74, 6) is 0.0793. The van der Waals surface area contributed by atoms with Crippen molar-refractivity contribution >= 4 is 15.9 Å². The number of nitrogens with zero attached hydrogens (tertiary/aromatic N) is 3. The highest BCUT2D eigenvalue weighted by atomic mass is 79.9. The highest BCUT2D eigenvalue weighted by Crippen LogP contribution is 2.39. The van der Waals surface area contributed by atoms with Crippen molar-refractivity contribution in [2.24, 2.45) is 0 Å². The van der Waals surface area contributed by atoms with Gasteiger partial charge in [0.25, 0.3) is 0 Å². The number of hydrogen-bond donors (Lipinski definition) is 0. The molecule has 2 aromatic rings. The van der Waals surface area contributed by atoms with E-state index in [1.807, 2.05) is 12.1 Å². The fraction of sp³-hybridized carbons (Fsp3) is 0.231. The van der Waals surface area contributed by atoms with Crippen LogP contribution in [0.5, 0.6) is 0 Å². The van der Waals surface area contributed by atoms with Crippen LogP contribution < -0.4 is 0 Å². The Morgan fingerprint density at radius 3 is 2.83 bits per heavy atom. The van der Waals surface area contributed by atoms with Crippen LogP contribution in [0.3, 0.4) is 0 Å². The van der Waals surface area contributed by atoms with Crippen LogP contribution in [0.2, 0.25) is 0 Å². The molecule has 0 amide bonds. The first-order chi connectivity index (χ1) is 8.70. The third-order valence-corrected chi connectivity index (χ3v) is 3.81. The first-order valence-electron chi connectivity index (χ1n) is 5.64. The highest BCUT2D eigenvalue weighted by Gasteiger charge is 2.26. The molecule has 0 aliphatic heterocycles. The van der Waals surface area contributed by atoms with E-state index in [9.17, 15) is 4.39 Å². The molecular weight excluding hydrogens is 297 g/mol. The summed E-state index contributed by atoms with van der Waals surface area (Å²) in [6.45, 7) is 0. The quantitative estimate of drug-likeness (QED) is 0.852. The maximum Gasteiger partial charge on any atom is 0.164 e. The van der Waals surface area contributed by atoms with Gasteiger partial charge in [0.1, 0.15) is 11.8 Å². The van der Waals surface area contributed by atoms with Gasteiger partial charge in [-0.15, -0.1) is 0 Å². The van der Waals surface area contributed by atoms with Gasteiger partial charge in [0, 0.05) is 12.1 Å². The van der Waals surface area contributed by atoms with Gasteiger partial charge in [0.05, 0.1) is 15.7 Å². The van der Waals surface area contributed by atoms with E-state index in [4.69, 9.17) is 5.26 Å². The topological polar surface area (TPSA) is 41.6 Å². The molecule has 90 valence electrons. The molecule has 5 heteroatoms. The van der Waals surface area contributed by atoms with Crippen molar-refractivity contribution in [3.8, 4) is 11.8 Å². The van der Waals surface area contributed by atoms with Gasteiger partial charge in [0.2, 0.25) is 0 Å². The zero-order chi connectivity index (χ0) is 12.7. The average molecular weight is 306 g/mol. The van der Waals surface area contributed by atoms with Crippen molar-refractivity contribution < 1.29 is 4.39 Å². The second-order valence-electron chi connectivity index (χ2n) is 4.33. The third-order valence-electron chi connectivity index (χ3n) is 3.03. The molecule has 1 fully saturated rings. The first kappa shape index (κ1) is 11.4. The van der Waals surface area contributed by atoms with Crippen LogP contribution in [0.15, 0.2) is 28.9 Å². The molecule has 1 aromatic carbocycles. The van der Waals surface area contributed by atoms with E-state index in [0.29, 0.717) is 11.6 Å². The molecule has 18 heavy (non-hydrogen) atoms. The van der Waals surface area contributed by atoms with Crippen LogP contribution in [0, 0.1) is 17.1 Å². The van der Waals surface area contributed by atoms with Crippen molar-refractivity contribution in [3.63, 3.8) is 0 Å². The van der Waals surface area contributed by atoms with Gasteiger partial charge < -0.3 is 0 Å². The Kier molecular flexibility index (Phi) is 2.67. The number of hydrogen-bond acceptors (Lipinski definition) is 2. The summed E-state index contributed by atoms with van der Waals surface area (Å²) in [4.78, 5) is 0. The molecule has 1 heterocycles. The summed E-state index contributed by atoms with van der Waals surface area (Å²) in [5, 5.41) is 13.2.